The van der Waals surface area contributed by atoms with Crippen LogP contribution in [0.15, 0.2) is 36.7 Å². The van der Waals surface area contributed by atoms with Gasteiger partial charge in [0.15, 0.2) is 9.84 Å². The van der Waals surface area contributed by atoms with E-state index in [1.165, 1.54) is 6.07 Å². The molecular formula is C28H35ClFN5O2S. The number of piperidine rings is 1. The molecule has 0 bridgehead atoms. The maximum atomic E-state index is 14.9. The Morgan fingerprint density at radius 3 is 2.50 bits per heavy atom. The van der Waals surface area contributed by atoms with Gasteiger partial charge in [0.25, 0.3) is 0 Å². The van der Waals surface area contributed by atoms with E-state index in [1.54, 1.807) is 39.2 Å². The largest absolute Gasteiger partial charge is 0.309 e. The molecule has 1 saturated heterocycles. The SMILES string of the molecule is Cc1cnc(Nc2cc(F)c(C3CCN(C)CC3)cn2)nc1Cc1ccc(Cl)c(CS(=O)(=O)C(C)(C)C)c1. The Labute approximate surface area is 229 Å². The number of aromatic nitrogens is 3. The number of sulfone groups is 1. The van der Waals surface area contributed by atoms with Crippen LogP contribution in [0.3, 0.4) is 0 Å². The highest BCUT2D eigenvalue weighted by molar-refractivity contribution is 7.91. The zero-order chi connectivity index (χ0) is 27.7. The van der Waals surface area contributed by atoms with Crippen molar-refractivity contribution < 1.29 is 12.8 Å². The number of rotatable bonds is 7. The summed E-state index contributed by atoms with van der Waals surface area (Å²) in [5.41, 5.74) is 3.74. The molecule has 1 aliphatic rings. The van der Waals surface area contributed by atoms with Crippen molar-refractivity contribution in [1.29, 1.82) is 0 Å². The first-order valence-corrected chi connectivity index (χ1v) is 14.8. The van der Waals surface area contributed by atoms with Crippen molar-refractivity contribution in [2.24, 2.45) is 0 Å². The van der Waals surface area contributed by atoms with Crippen LogP contribution in [0.1, 0.15) is 67.5 Å². The number of aryl methyl sites for hydroxylation is 1. The molecule has 7 nitrogen and oxygen atoms in total. The summed E-state index contributed by atoms with van der Waals surface area (Å²) >= 11 is 6.34. The number of hydrogen-bond donors (Lipinski definition) is 1. The first kappa shape index (κ1) is 28.4. The number of benzene rings is 1. The van der Waals surface area contributed by atoms with Crippen LogP contribution >= 0.6 is 11.6 Å². The molecule has 0 saturated carbocycles. The highest BCUT2D eigenvalue weighted by Gasteiger charge is 2.30. The van der Waals surface area contributed by atoms with Gasteiger partial charge >= 0.3 is 0 Å². The Kier molecular flexibility index (Phi) is 8.40. The molecule has 3 aromatic rings. The molecule has 0 spiro atoms. The van der Waals surface area contributed by atoms with E-state index in [0.717, 1.165) is 42.8 Å². The van der Waals surface area contributed by atoms with Crippen LogP contribution in [0, 0.1) is 12.7 Å². The third-order valence-electron chi connectivity index (χ3n) is 7.12. The molecule has 1 aliphatic heterocycles. The fraction of sp³-hybridized carbons (Fsp3) is 0.464. The van der Waals surface area contributed by atoms with E-state index in [1.807, 2.05) is 19.1 Å². The number of nitrogens with zero attached hydrogens (tertiary/aromatic N) is 4. The van der Waals surface area contributed by atoms with Gasteiger partial charge in [-0.05, 0) is 89.3 Å². The summed E-state index contributed by atoms with van der Waals surface area (Å²) in [5, 5.41) is 3.44. The van der Waals surface area contributed by atoms with Crippen LogP contribution in [0.4, 0.5) is 16.2 Å². The summed E-state index contributed by atoms with van der Waals surface area (Å²) in [6.45, 7) is 8.86. The smallest absolute Gasteiger partial charge is 0.228 e. The molecule has 0 aliphatic carbocycles. The van der Waals surface area contributed by atoms with E-state index in [-0.39, 0.29) is 17.5 Å². The maximum Gasteiger partial charge on any atom is 0.228 e. The van der Waals surface area contributed by atoms with Gasteiger partial charge in [-0.2, -0.15) is 0 Å². The summed E-state index contributed by atoms with van der Waals surface area (Å²) in [7, 11) is -1.31. The molecule has 0 radical (unpaired) electrons. The molecule has 10 heteroatoms. The summed E-state index contributed by atoms with van der Waals surface area (Å²) < 4.78 is 39.5. The normalized spacial score (nSPS) is 15.6. The Bertz CT molecular complexity index is 1420. The molecule has 38 heavy (non-hydrogen) atoms. The molecule has 0 atom stereocenters. The van der Waals surface area contributed by atoms with Crippen molar-refractivity contribution in [2.45, 2.75) is 63.4 Å². The van der Waals surface area contributed by atoms with Crippen molar-refractivity contribution in [1.82, 2.24) is 19.9 Å². The first-order chi connectivity index (χ1) is 17.8. The lowest BCUT2D eigenvalue weighted by Crippen LogP contribution is -2.29. The van der Waals surface area contributed by atoms with Crippen LogP contribution in [0.25, 0.3) is 0 Å². The van der Waals surface area contributed by atoms with Crippen molar-refractivity contribution in [3.63, 3.8) is 0 Å². The first-order valence-electron chi connectivity index (χ1n) is 12.8. The number of anilines is 2. The van der Waals surface area contributed by atoms with Gasteiger partial charge in [-0.25, -0.2) is 27.8 Å². The molecule has 4 rings (SSSR count). The summed E-state index contributed by atoms with van der Waals surface area (Å²) in [4.78, 5) is 15.7. The van der Waals surface area contributed by atoms with Gasteiger partial charge in [-0.1, -0.05) is 23.7 Å². The van der Waals surface area contributed by atoms with Crippen molar-refractivity contribution in [3.05, 3.63) is 75.4 Å². The molecule has 3 heterocycles. The number of pyridine rings is 1. The van der Waals surface area contributed by atoms with Crippen molar-refractivity contribution in [3.8, 4) is 0 Å². The van der Waals surface area contributed by atoms with Gasteiger partial charge in [-0.15, -0.1) is 0 Å². The fourth-order valence-electron chi connectivity index (χ4n) is 4.42. The monoisotopic (exact) mass is 559 g/mol. The second-order valence-corrected chi connectivity index (χ2v) is 14.2. The minimum Gasteiger partial charge on any atom is -0.309 e. The molecule has 1 fully saturated rings. The van der Waals surface area contributed by atoms with E-state index < -0.39 is 14.6 Å². The lowest BCUT2D eigenvalue weighted by atomic mass is 9.90. The minimum atomic E-state index is -3.39. The van der Waals surface area contributed by atoms with Crippen LogP contribution in [-0.2, 0) is 22.0 Å². The van der Waals surface area contributed by atoms with E-state index in [4.69, 9.17) is 11.6 Å². The fourth-order valence-corrected chi connectivity index (χ4v) is 5.77. The summed E-state index contributed by atoms with van der Waals surface area (Å²) in [5.74, 6) is 0.425. The average molecular weight is 560 g/mol. The van der Waals surface area contributed by atoms with Gasteiger partial charge in [-0.3, -0.25) is 0 Å². The lowest BCUT2D eigenvalue weighted by Gasteiger charge is -2.29. The molecule has 0 unspecified atom stereocenters. The maximum absolute atomic E-state index is 14.9. The Balaban J connectivity index is 1.51. The highest BCUT2D eigenvalue weighted by atomic mass is 35.5. The quantitative estimate of drug-likeness (QED) is 0.389. The number of halogens is 2. The van der Waals surface area contributed by atoms with Gasteiger partial charge in [0.1, 0.15) is 11.6 Å². The average Bonchev–Trinajstić information content (AvgIpc) is 2.83. The summed E-state index contributed by atoms with van der Waals surface area (Å²) in [6.07, 6.45) is 5.61. The molecule has 1 N–H and O–H groups in total. The predicted octanol–water partition coefficient (Wildman–Crippen LogP) is 5.83. The van der Waals surface area contributed by atoms with Crippen molar-refractivity contribution >= 4 is 33.2 Å². The van der Waals surface area contributed by atoms with Gasteiger partial charge in [0, 0.05) is 35.5 Å². The molecule has 204 valence electrons. The second-order valence-electron chi connectivity index (χ2n) is 11.1. The van der Waals surface area contributed by atoms with Crippen LogP contribution in [0.2, 0.25) is 5.02 Å². The third kappa shape index (κ3) is 6.68. The van der Waals surface area contributed by atoms with E-state index in [0.29, 0.717) is 34.3 Å². The van der Waals surface area contributed by atoms with Gasteiger partial charge in [0.2, 0.25) is 5.95 Å². The zero-order valence-corrected chi connectivity index (χ0v) is 24.1. The third-order valence-corrected chi connectivity index (χ3v) is 10.0. The number of likely N-dealkylation sites (tertiary alicyclic amines) is 1. The van der Waals surface area contributed by atoms with E-state index >= 15 is 0 Å². The number of nitrogens with one attached hydrogen (secondary N) is 1. The van der Waals surface area contributed by atoms with E-state index in [2.05, 4.69) is 32.2 Å². The Hall–Kier alpha value is -2.62. The Morgan fingerprint density at radius 1 is 1.13 bits per heavy atom. The highest BCUT2D eigenvalue weighted by Crippen LogP contribution is 2.30. The lowest BCUT2D eigenvalue weighted by molar-refractivity contribution is 0.253. The molecule has 1 aromatic carbocycles. The molecular weight excluding hydrogens is 525 g/mol. The van der Waals surface area contributed by atoms with Gasteiger partial charge in [0.05, 0.1) is 16.2 Å². The van der Waals surface area contributed by atoms with Gasteiger partial charge < -0.3 is 10.2 Å². The zero-order valence-electron chi connectivity index (χ0n) is 22.6. The second kappa shape index (κ2) is 11.2. The molecule has 2 aromatic heterocycles. The topological polar surface area (TPSA) is 88.1 Å². The van der Waals surface area contributed by atoms with Crippen LogP contribution < -0.4 is 5.32 Å². The molecule has 0 amide bonds. The predicted molar refractivity (Wildman–Crippen MR) is 150 cm³/mol. The van der Waals surface area contributed by atoms with Crippen molar-refractivity contribution in [2.75, 3.05) is 25.5 Å². The van der Waals surface area contributed by atoms with Crippen LogP contribution in [-0.4, -0.2) is 53.2 Å². The van der Waals surface area contributed by atoms with E-state index in [9.17, 15) is 12.8 Å². The number of hydrogen-bond acceptors (Lipinski definition) is 7. The Morgan fingerprint density at radius 2 is 1.84 bits per heavy atom. The minimum absolute atomic E-state index is 0.135. The summed E-state index contributed by atoms with van der Waals surface area (Å²) in [6, 6.07) is 6.80. The van der Waals surface area contributed by atoms with Crippen LogP contribution in [0.5, 0.6) is 0 Å². The standard InChI is InChI=1S/C28H35ClFN5O2S/c1-18-15-32-27(34-26-14-24(30)22(16-31-26)20-8-10-35(5)11-9-20)33-25(18)13-19-6-7-23(29)21(12-19)17-38(36,37)28(2,3)4/h6-7,12,14-16,20H,8-11,13,17H2,1-5H3,(H,31,32,33,34).